The van der Waals surface area contributed by atoms with E-state index in [1.54, 1.807) is 18.7 Å². The molecule has 0 fully saturated rings. The Labute approximate surface area is 147 Å². The normalized spacial score (nSPS) is 17.2. The Bertz CT molecular complexity index is 655. The van der Waals surface area contributed by atoms with Crippen molar-refractivity contribution in [1.29, 1.82) is 0 Å². The standard InChI is InChI=1S/C18H24N2O3S/c1-5-22-14-11-9-8-10-13(14)16-15(17(21)23-6-2)12(4)19-18(20-16)24-7-3/h8-11,16H,5-7H2,1-4H3,(H,19,20)/t16-/m1/s1. The number of carbonyl (C=O) groups is 1. The Morgan fingerprint density at radius 3 is 2.67 bits per heavy atom. The van der Waals surface area contributed by atoms with E-state index in [0.717, 1.165) is 27.9 Å². The smallest absolute Gasteiger partial charge is 0.338 e. The number of esters is 1. The van der Waals surface area contributed by atoms with Gasteiger partial charge in [0.15, 0.2) is 5.17 Å². The van der Waals surface area contributed by atoms with Gasteiger partial charge in [-0.2, -0.15) is 0 Å². The van der Waals surface area contributed by atoms with Crippen molar-refractivity contribution in [2.45, 2.75) is 33.7 Å². The largest absolute Gasteiger partial charge is 0.494 e. The van der Waals surface area contributed by atoms with Crippen LogP contribution in [0.4, 0.5) is 0 Å². The fourth-order valence-electron chi connectivity index (χ4n) is 2.55. The number of aliphatic imine (C=N–C) groups is 1. The lowest BCUT2D eigenvalue weighted by Crippen LogP contribution is -2.30. The molecule has 0 spiro atoms. The molecule has 0 unspecified atom stereocenters. The maximum absolute atomic E-state index is 12.5. The zero-order valence-electron chi connectivity index (χ0n) is 14.6. The molecule has 0 aromatic heterocycles. The Morgan fingerprint density at radius 1 is 1.25 bits per heavy atom. The molecule has 0 aliphatic carbocycles. The predicted octanol–water partition coefficient (Wildman–Crippen LogP) is 3.68. The highest BCUT2D eigenvalue weighted by atomic mass is 32.2. The molecule has 1 N–H and O–H groups in total. The summed E-state index contributed by atoms with van der Waals surface area (Å²) in [7, 11) is 0. The van der Waals surface area contributed by atoms with Crippen molar-refractivity contribution in [3.05, 3.63) is 41.1 Å². The molecule has 130 valence electrons. The van der Waals surface area contributed by atoms with E-state index >= 15 is 0 Å². The number of carbonyl (C=O) groups excluding carboxylic acids is 1. The Kier molecular flexibility index (Phi) is 6.73. The summed E-state index contributed by atoms with van der Waals surface area (Å²) in [5, 5.41) is 4.01. The quantitative estimate of drug-likeness (QED) is 0.795. The number of para-hydroxylation sites is 1. The van der Waals surface area contributed by atoms with Crippen LogP contribution in [0.2, 0.25) is 0 Å². The number of allylic oxidation sites excluding steroid dienone is 1. The lowest BCUT2D eigenvalue weighted by Gasteiger charge is -2.26. The maximum atomic E-state index is 12.5. The number of benzene rings is 1. The van der Waals surface area contributed by atoms with Crippen LogP contribution < -0.4 is 10.1 Å². The van der Waals surface area contributed by atoms with Crippen LogP contribution in [-0.4, -0.2) is 30.1 Å². The molecular formula is C18H24N2O3S. The molecule has 1 aromatic rings. The molecule has 0 bridgehead atoms. The summed E-state index contributed by atoms with van der Waals surface area (Å²) < 4.78 is 11.0. The number of nitrogens with one attached hydrogen (secondary N) is 1. The lowest BCUT2D eigenvalue weighted by atomic mass is 9.96. The van der Waals surface area contributed by atoms with E-state index in [0.29, 0.717) is 18.8 Å². The summed E-state index contributed by atoms with van der Waals surface area (Å²) >= 11 is 1.61. The molecule has 1 aliphatic rings. The molecule has 1 heterocycles. The van der Waals surface area contributed by atoms with Gasteiger partial charge < -0.3 is 14.8 Å². The Morgan fingerprint density at radius 2 is 2.00 bits per heavy atom. The second-order valence-electron chi connectivity index (χ2n) is 5.12. The van der Waals surface area contributed by atoms with Crippen molar-refractivity contribution in [1.82, 2.24) is 5.32 Å². The minimum Gasteiger partial charge on any atom is -0.494 e. The minimum atomic E-state index is -0.429. The molecule has 0 saturated heterocycles. The summed E-state index contributed by atoms with van der Waals surface area (Å²) in [5.41, 5.74) is 2.18. The van der Waals surface area contributed by atoms with Crippen molar-refractivity contribution < 1.29 is 14.3 Å². The van der Waals surface area contributed by atoms with E-state index in [9.17, 15) is 4.79 Å². The first-order valence-electron chi connectivity index (χ1n) is 8.19. The van der Waals surface area contributed by atoms with Gasteiger partial charge in [0, 0.05) is 11.3 Å². The molecule has 6 heteroatoms. The summed E-state index contributed by atoms with van der Waals surface area (Å²) in [6.07, 6.45) is 0. The van der Waals surface area contributed by atoms with Crippen LogP contribution in [0.5, 0.6) is 5.75 Å². The number of amidine groups is 1. The van der Waals surface area contributed by atoms with Gasteiger partial charge in [0.2, 0.25) is 0 Å². The molecule has 1 atom stereocenters. The van der Waals surface area contributed by atoms with E-state index in [1.165, 1.54) is 0 Å². The Hall–Kier alpha value is -1.95. The van der Waals surface area contributed by atoms with Gasteiger partial charge in [0.05, 0.1) is 18.8 Å². The third-order valence-electron chi connectivity index (χ3n) is 3.51. The molecule has 24 heavy (non-hydrogen) atoms. The van der Waals surface area contributed by atoms with E-state index < -0.39 is 6.04 Å². The van der Waals surface area contributed by atoms with Crippen LogP contribution in [0.1, 0.15) is 39.3 Å². The summed E-state index contributed by atoms with van der Waals surface area (Å²) in [6.45, 7) is 8.57. The predicted molar refractivity (Wildman–Crippen MR) is 98.4 cm³/mol. The highest BCUT2D eigenvalue weighted by molar-refractivity contribution is 8.13. The van der Waals surface area contributed by atoms with Gasteiger partial charge in [-0.25, -0.2) is 9.79 Å². The van der Waals surface area contributed by atoms with Crippen molar-refractivity contribution in [3.8, 4) is 5.75 Å². The summed E-state index contributed by atoms with van der Waals surface area (Å²) in [5.74, 6) is 1.29. The number of hydrogen-bond acceptors (Lipinski definition) is 6. The first-order valence-corrected chi connectivity index (χ1v) is 9.18. The molecule has 1 aliphatic heterocycles. The second-order valence-corrected chi connectivity index (χ2v) is 6.38. The lowest BCUT2D eigenvalue weighted by molar-refractivity contribution is -0.138. The molecule has 1 aromatic carbocycles. The van der Waals surface area contributed by atoms with E-state index in [1.807, 2.05) is 38.1 Å². The average Bonchev–Trinajstić information content (AvgIpc) is 2.55. The second kappa shape index (κ2) is 8.78. The van der Waals surface area contributed by atoms with Gasteiger partial charge in [-0.05, 0) is 32.6 Å². The zero-order valence-corrected chi connectivity index (χ0v) is 15.4. The SMILES string of the molecule is CCOC(=O)C1=C(C)NC(SCC)=N[C@@H]1c1ccccc1OCC. The van der Waals surface area contributed by atoms with Crippen LogP contribution in [0.25, 0.3) is 0 Å². The average molecular weight is 348 g/mol. The van der Waals surface area contributed by atoms with Gasteiger partial charge >= 0.3 is 5.97 Å². The number of nitrogens with zero attached hydrogens (tertiary/aromatic N) is 1. The molecular weight excluding hydrogens is 324 g/mol. The van der Waals surface area contributed by atoms with Crippen LogP contribution in [0, 0.1) is 0 Å². The maximum Gasteiger partial charge on any atom is 0.338 e. The summed E-state index contributed by atoms with van der Waals surface area (Å²) in [6, 6.07) is 7.27. The first-order chi connectivity index (χ1) is 11.6. The third-order valence-corrected chi connectivity index (χ3v) is 4.28. The van der Waals surface area contributed by atoms with Crippen molar-refractivity contribution in [2.75, 3.05) is 19.0 Å². The highest BCUT2D eigenvalue weighted by Gasteiger charge is 2.32. The van der Waals surface area contributed by atoms with Crippen LogP contribution in [0.15, 0.2) is 40.5 Å². The molecule has 0 radical (unpaired) electrons. The van der Waals surface area contributed by atoms with E-state index in [4.69, 9.17) is 14.5 Å². The van der Waals surface area contributed by atoms with Crippen LogP contribution in [0.3, 0.4) is 0 Å². The number of ether oxygens (including phenoxy) is 2. The highest BCUT2D eigenvalue weighted by Crippen LogP contribution is 2.37. The van der Waals surface area contributed by atoms with Crippen molar-refractivity contribution in [2.24, 2.45) is 4.99 Å². The van der Waals surface area contributed by atoms with Crippen molar-refractivity contribution >= 4 is 22.9 Å². The Balaban J connectivity index is 2.50. The van der Waals surface area contributed by atoms with Gasteiger partial charge in [-0.15, -0.1) is 0 Å². The van der Waals surface area contributed by atoms with Gasteiger partial charge in [0.25, 0.3) is 0 Å². The van der Waals surface area contributed by atoms with Crippen LogP contribution >= 0.6 is 11.8 Å². The van der Waals surface area contributed by atoms with E-state index in [-0.39, 0.29) is 5.97 Å². The van der Waals surface area contributed by atoms with Gasteiger partial charge in [0.1, 0.15) is 11.8 Å². The third kappa shape index (κ3) is 4.12. The molecule has 0 saturated carbocycles. The number of hydrogen-bond donors (Lipinski definition) is 1. The number of rotatable bonds is 6. The monoisotopic (exact) mass is 348 g/mol. The fraction of sp³-hybridized carbons (Fsp3) is 0.444. The van der Waals surface area contributed by atoms with Gasteiger partial charge in [-0.1, -0.05) is 36.9 Å². The zero-order chi connectivity index (χ0) is 17.5. The van der Waals surface area contributed by atoms with Gasteiger partial charge in [-0.3, -0.25) is 0 Å². The molecule has 0 amide bonds. The summed E-state index contributed by atoms with van der Waals surface area (Å²) in [4.78, 5) is 17.2. The van der Waals surface area contributed by atoms with Crippen molar-refractivity contribution in [3.63, 3.8) is 0 Å². The van der Waals surface area contributed by atoms with E-state index in [2.05, 4.69) is 12.2 Å². The molecule has 5 nitrogen and oxygen atoms in total. The first kappa shape index (κ1) is 18.4. The fourth-order valence-corrected chi connectivity index (χ4v) is 3.23. The van der Waals surface area contributed by atoms with Crippen LogP contribution in [-0.2, 0) is 9.53 Å². The minimum absolute atomic E-state index is 0.329. The molecule has 2 rings (SSSR count). The number of thioether (sulfide) groups is 1. The topological polar surface area (TPSA) is 59.9 Å².